The highest BCUT2D eigenvalue weighted by molar-refractivity contribution is 7.99. The summed E-state index contributed by atoms with van der Waals surface area (Å²) in [5.74, 6) is 1.39. The van der Waals surface area contributed by atoms with Crippen molar-refractivity contribution >= 4 is 11.8 Å². The lowest BCUT2D eigenvalue weighted by Gasteiger charge is -2.31. The molecule has 0 aliphatic carbocycles. The van der Waals surface area contributed by atoms with Gasteiger partial charge in [-0.3, -0.25) is 4.90 Å². The van der Waals surface area contributed by atoms with E-state index >= 15 is 0 Å². The van der Waals surface area contributed by atoms with Crippen molar-refractivity contribution in [2.24, 2.45) is 0 Å². The highest BCUT2D eigenvalue weighted by atomic mass is 32.2. The van der Waals surface area contributed by atoms with Gasteiger partial charge in [-0.1, -0.05) is 26.2 Å². The first-order valence-corrected chi connectivity index (χ1v) is 8.14. The Morgan fingerprint density at radius 2 is 1.94 bits per heavy atom. The van der Waals surface area contributed by atoms with Crippen LogP contribution in [0.15, 0.2) is 0 Å². The Kier molecular flexibility index (Phi) is 7.55. The van der Waals surface area contributed by atoms with E-state index in [0.717, 1.165) is 5.25 Å². The second-order valence-corrected chi connectivity index (χ2v) is 6.69. The van der Waals surface area contributed by atoms with Crippen LogP contribution in [0.1, 0.15) is 59.3 Å². The van der Waals surface area contributed by atoms with E-state index in [1.807, 2.05) is 0 Å². The second kappa shape index (κ2) is 8.41. The van der Waals surface area contributed by atoms with Gasteiger partial charge in [0.05, 0.1) is 0 Å². The van der Waals surface area contributed by atoms with Crippen LogP contribution in [0.3, 0.4) is 0 Å². The van der Waals surface area contributed by atoms with Crippen molar-refractivity contribution in [3.8, 4) is 0 Å². The normalized spacial score (nSPS) is 23.4. The van der Waals surface area contributed by atoms with Crippen LogP contribution < -0.4 is 0 Å². The van der Waals surface area contributed by atoms with Crippen LogP contribution in [0.4, 0.5) is 0 Å². The van der Waals surface area contributed by atoms with E-state index in [0.29, 0.717) is 6.04 Å². The van der Waals surface area contributed by atoms with E-state index in [4.69, 9.17) is 0 Å². The van der Waals surface area contributed by atoms with Gasteiger partial charge in [0.15, 0.2) is 0 Å². The average Bonchev–Trinajstić information content (AvgIpc) is 2.20. The molecule has 1 unspecified atom stereocenters. The Morgan fingerprint density at radius 1 is 1.19 bits per heavy atom. The molecule has 0 aromatic rings. The van der Waals surface area contributed by atoms with Crippen molar-refractivity contribution in [2.45, 2.75) is 70.6 Å². The zero-order valence-electron chi connectivity index (χ0n) is 11.4. The molecule has 1 aliphatic rings. The topological polar surface area (TPSA) is 3.24 Å². The smallest absolute Gasteiger partial charge is 0.0175 e. The molecule has 1 heterocycles. The van der Waals surface area contributed by atoms with Gasteiger partial charge in [0.25, 0.3) is 0 Å². The number of hydrogen-bond acceptors (Lipinski definition) is 2. The molecule has 1 nitrogen and oxygen atoms in total. The van der Waals surface area contributed by atoms with Gasteiger partial charge in [-0.25, -0.2) is 0 Å². The summed E-state index contributed by atoms with van der Waals surface area (Å²) in [6.45, 7) is 9.55. The number of nitrogens with zero attached hydrogens (tertiary/aromatic N) is 1. The van der Waals surface area contributed by atoms with Crippen LogP contribution in [-0.4, -0.2) is 35.0 Å². The maximum absolute atomic E-state index is 2.67. The van der Waals surface area contributed by atoms with E-state index in [-0.39, 0.29) is 0 Å². The zero-order valence-corrected chi connectivity index (χ0v) is 12.2. The van der Waals surface area contributed by atoms with E-state index in [1.54, 1.807) is 0 Å². The van der Waals surface area contributed by atoms with Crippen LogP contribution in [-0.2, 0) is 0 Å². The van der Waals surface area contributed by atoms with Crippen LogP contribution in [0, 0.1) is 0 Å². The lowest BCUT2D eigenvalue weighted by molar-refractivity contribution is 0.220. The Hall–Kier alpha value is 0.310. The van der Waals surface area contributed by atoms with Gasteiger partial charge in [0.1, 0.15) is 0 Å². The summed E-state index contributed by atoms with van der Waals surface area (Å²) in [5.41, 5.74) is 0. The molecule has 0 aromatic carbocycles. The zero-order chi connectivity index (χ0) is 11.8. The fraction of sp³-hybridized carbons (Fsp3) is 1.00. The van der Waals surface area contributed by atoms with Crippen molar-refractivity contribution in [1.82, 2.24) is 4.90 Å². The number of rotatable bonds is 5. The molecule has 96 valence electrons. The Morgan fingerprint density at radius 3 is 2.62 bits per heavy atom. The SMILES string of the molecule is CCCN(CC1CCCCCCS1)C(C)C. The first-order chi connectivity index (χ1) is 7.74. The van der Waals surface area contributed by atoms with Crippen LogP contribution in [0.25, 0.3) is 0 Å². The van der Waals surface area contributed by atoms with E-state index < -0.39 is 0 Å². The quantitative estimate of drug-likeness (QED) is 0.713. The largest absolute Gasteiger partial charge is 0.300 e. The predicted octanol–water partition coefficient (Wildman–Crippen LogP) is 4.17. The Labute approximate surface area is 106 Å². The lowest BCUT2D eigenvalue weighted by Crippen LogP contribution is -2.37. The molecule has 2 heteroatoms. The third kappa shape index (κ3) is 5.58. The van der Waals surface area contributed by atoms with Gasteiger partial charge >= 0.3 is 0 Å². The Bertz CT molecular complexity index is 162. The molecule has 0 amide bonds. The molecule has 1 rings (SSSR count). The number of thioether (sulfide) groups is 1. The molecule has 16 heavy (non-hydrogen) atoms. The van der Waals surface area contributed by atoms with Crippen molar-refractivity contribution < 1.29 is 0 Å². The number of hydrogen-bond donors (Lipinski definition) is 0. The third-order valence-electron chi connectivity index (χ3n) is 3.45. The summed E-state index contributed by atoms with van der Waals surface area (Å²) in [6.07, 6.45) is 8.55. The molecule has 0 radical (unpaired) electrons. The molecular formula is C14H29NS. The van der Waals surface area contributed by atoms with Crippen LogP contribution in [0.2, 0.25) is 0 Å². The van der Waals surface area contributed by atoms with Gasteiger partial charge in [0.2, 0.25) is 0 Å². The monoisotopic (exact) mass is 243 g/mol. The first-order valence-electron chi connectivity index (χ1n) is 7.09. The van der Waals surface area contributed by atoms with Gasteiger partial charge in [-0.15, -0.1) is 0 Å². The van der Waals surface area contributed by atoms with E-state index in [2.05, 4.69) is 37.4 Å². The fourth-order valence-electron chi connectivity index (χ4n) is 2.41. The molecule has 0 saturated carbocycles. The van der Waals surface area contributed by atoms with Crippen molar-refractivity contribution in [2.75, 3.05) is 18.8 Å². The minimum absolute atomic E-state index is 0.714. The lowest BCUT2D eigenvalue weighted by atomic mass is 10.1. The van der Waals surface area contributed by atoms with Crippen molar-refractivity contribution in [3.05, 3.63) is 0 Å². The average molecular weight is 243 g/mol. The van der Waals surface area contributed by atoms with E-state index in [1.165, 1.54) is 57.4 Å². The molecule has 0 bridgehead atoms. The first kappa shape index (κ1) is 14.4. The van der Waals surface area contributed by atoms with Gasteiger partial charge in [-0.05, 0) is 45.4 Å². The molecule has 1 atom stereocenters. The minimum atomic E-state index is 0.714. The van der Waals surface area contributed by atoms with Crippen LogP contribution in [0.5, 0.6) is 0 Å². The molecular weight excluding hydrogens is 214 g/mol. The van der Waals surface area contributed by atoms with Gasteiger partial charge in [0, 0.05) is 17.8 Å². The summed E-state index contributed by atoms with van der Waals surface area (Å²) in [6, 6.07) is 0.714. The molecule has 0 N–H and O–H groups in total. The summed E-state index contributed by atoms with van der Waals surface area (Å²) in [4.78, 5) is 2.67. The fourth-order valence-corrected chi connectivity index (χ4v) is 3.75. The molecule has 1 saturated heterocycles. The second-order valence-electron chi connectivity index (χ2n) is 5.28. The third-order valence-corrected chi connectivity index (χ3v) is 4.83. The summed E-state index contributed by atoms with van der Waals surface area (Å²) in [7, 11) is 0. The van der Waals surface area contributed by atoms with Crippen molar-refractivity contribution in [1.29, 1.82) is 0 Å². The van der Waals surface area contributed by atoms with Crippen molar-refractivity contribution in [3.63, 3.8) is 0 Å². The highest BCUT2D eigenvalue weighted by Gasteiger charge is 2.17. The standard InChI is InChI=1S/C14H29NS/c1-4-10-15(13(2)3)12-14-9-7-5-6-8-11-16-14/h13-14H,4-12H2,1-3H3. The summed E-state index contributed by atoms with van der Waals surface area (Å²) < 4.78 is 0. The van der Waals surface area contributed by atoms with Crippen LogP contribution >= 0.6 is 11.8 Å². The van der Waals surface area contributed by atoms with E-state index in [9.17, 15) is 0 Å². The summed E-state index contributed by atoms with van der Waals surface area (Å²) in [5, 5.41) is 0.897. The highest BCUT2D eigenvalue weighted by Crippen LogP contribution is 2.24. The molecule has 1 fully saturated rings. The molecule has 0 spiro atoms. The predicted molar refractivity (Wildman–Crippen MR) is 76.3 cm³/mol. The summed E-state index contributed by atoms with van der Waals surface area (Å²) >= 11 is 2.23. The molecule has 1 aliphatic heterocycles. The van der Waals surface area contributed by atoms with Gasteiger partial charge in [-0.2, -0.15) is 11.8 Å². The van der Waals surface area contributed by atoms with Gasteiger partial charge < -0.3 is 0 Å². The molecule has 0 aromatic heterocycles. The maximum atomic E-state index is 2.67. The Balaban J connectivity index is 2.35. The maximum Gasteiger partial charge on any atom is 0.0175 e. The minimum Gasteiger partial charge on any atom is -0.300 e.